The van der Waals surface area contributed by atoms with E-state index in [4.69, 9.17) is 9.47 Å². The Morgan fingerprint density at radius 2 is 2.00 bits per heavy atom. The maximum atomic E-state index is 13.6. The van der Waals surface area contributed by atoms with Crippen molar-refractivity contribution in [3.63, 3.8) is 0 Å². The predicted octanol–water partition coefficient (Wildman–Crippen LogP) is 3.38. The summed E-state index contributed by atoms with van der Waals surface area (Å²) in [4.78, 5) is 2.51. The van der Waals surface area contributed by atoms with Crippen LogP contribution in [0.5, 0.6) is 5.75 Å². The van der Waals surface area contributed by atoms with Gasteiger partial charge < -0.3 is 19.5 Å². The van der Waals surface area contributed by atoms with Gasteiger partial charge in [-0.25, -0.2) is 8.42 Å². The van der Waals surface area contributed by atoms with Crippen LogP contribution in [0.2, 0.25) is 0 Å². The van der Waals surface area contributed by atoms with Crippen molar-refractivity contribution in [3.05, 3.63) is 29.8 Å². The number of rotatable bonds is 7. The van der Waals surface area contributed by atoms with E-state index in [9.17, 15) is 13.5 Å². The van der Waals surface area contributed by atoms with Crippen LogP contribution >= 0.6 is 0 Å². The standard InChI is InChI=1S/C26H40N2O5S/c1-19-15-28(20(2)18-29)34(30,31)26-9-8-23(22-6-4-5-7-22)14-24(26)33-25(19)17-27(3)16-21-10-12-32-13-11-21/h6,8-9,14,19-21,25,29H,4-5,7,10-13,15-18H2,1-3H3/t19-,20-,25+/m1/s1. The van der Waals surface area contributed by atoms with E-state index in [1.54, 1.807) is 13.0 Å². The topological polar surface area (TPSA) is 79.3 Å². The molecule has 0 aromatic heterocycles. The zero-order valence-corrected chi connectivity index (χ0v) is 21.6. The molecule has 34 heavy (non-hydrogen) atoms. The smallest absolute Gasteiger partial charge is 0.247 e. The molecule has 0 spiro atoms. The molecule has 1 aromatic rings. The van der Waals surface area contributed by atoms with Crippen molar-refractivity contribution in [3.8, 4) is 5.75 Å². The Morgan fingerprint density at radius 3 is 2.68 bits per heavy atom. The van der Waals surface area contributed by atoms with E-state index in [-0.39, 0.29) is 23.5 Å². The van der Waals surface area contributed by atoms with Crippen LogP contribution in [0.15, 0.2) is 29.2 Å². The van der Waals surface area contributed by atoms with Gasteiger partial charge in [0.05, 0.1) is 6.61 Å². The van der Waals surface area contributed by atoms with Gasteiger partial charge in [-0.15, -0.1) is 0 Å². The summed E-state index contributed by atoms with van der Waals surface area (Å²) in [5.74, 6) is 1.00. The third-order valence-corrected chi connectivity index (χ3v) is 9.50. The van der Waals surface area contributed by atoms with Gasteiger partial charge in [0.15, 0.2) is 0 Å². The molecule has 1 aliphatic carbocycles. The number of hydrogen-bond acceptors (Lipinski definition) is 6. The van der Waals surface area contributed by atoms with Crippen LogP contribution in [0.3, 0.4) is 0 Å². The highest BCUT2D eigenvalue weighted by molar-refractivity contribution is 7.89. The fourth-order valence-corrected chi connectivity index (χ4v) is 7.15. The van der Waals surface area contributed by atoms with Gasteiger partial charge in [0.25, 0.3) is 0 Å². The molecule has 2 aliphatic heterocycles. The van der Waals surface area contributed by atoms with Gasteiger partial charge in [0.2, 0.25) is 10.0 Å². The molecule has 1 N–H and O–H groups in total. The molecule has 0 unspecified atom stereocenters. The summed E-state index contributed by atoms with van der Waals surface area (Å²) in [5, 5.41) is 9.83. The van der Waals surface area contributed by atoms with E-state index in [2.05, 4.69) is 18.0 Å². The first-order valence-electron chi connectivity index (χ1n) is 12.7. The highest BCUT2D eigenvalue weighted by atomic mass is 32.2. The van der Waals surface area contributed by atoms with Gasteiger partial charge in [0.1, 0.15) is 16.7 Å². The number of ether oxygens (including phenoxy) is 2. The minimum Gasteiger partial charge on any atom is -0.487 e. The zero-order chi connectivity index (χ0) is 24.3. The average molecular weight is 493 g/mol. The zero-order valence-electron chi connectivity index (χ0n) is 20.8. The van der Waals surface area contributed by atoms with E-state index in [1.807, 2.05) is 19.1 Å². The lowest BCUT2D eigenvalue weighted by atomic mass is 9.98. The minimum atomic E-state index is -3.80. The van der Waals surface area contributed by atoms with Crippen LogP contribution in [0, 0.1) is 11.8 Å². The number of aliphatic hydroxyl groups is 1. The Hall–Kier alpha value is -1.45. The maximum absolute atomic E-state index is 13.6. The van der Waals surface area contributed by atoms with Crippen molar-refractivity contribution in [1.29, 1.82) is 0 Å². The van der Waals surface area contributed by atoms with Crippen LogP contribution in [0.4, 0.5) is 0 Å². The largest absolute Gasteiger partial charge is 0.487 e. The number of sulfonamides is 1. The summed E-state index contributed by atoms with van der Waals surface area (Å²) in [6, 6.07) is 5.00. The highest BCUT2D eigenvalue weighted by Gasteiger charge is 2.38. The molecule has 190 valence electrons. The third kappa shape index (κ3) is 5.68. The van der Waals surface area contributed by atoms with E-state index in [0.717, 1.165) is 57.4 Å². The number of likely N-dealkylation sites (N-methyl/N-ethyl adjacent to an activating group) is 1. The first-order chi connectivity index (χ1) is 16.3. The molecule has 3 atom stereocenters. The molecule has 4 rings (SSSR count). The van der Waals surface area contributed by atoms with E-state index in [0.29, 0.717) is 24.8 Å². The van der Waals surface area contributed by atoms with Gasteiger partial charge in [0, 0.05) is 44.8 Å². The van der Waals surface area contributed by atoms with Crippen molar-refractivity contribution in [2.75, 3.05) is 46.5 Å². The van der Waals surface area contributed by atoms with Crippen molar-refractivity contribution < 1.29 is 23.0 Å². The average Bonchev–Trinajstić information content (AvgIpc) is 3.36. The van der Waals surface area contributed by atoms with Crippen molar-refractivity contribution in [2.45, 2.75) is 63.0 Å². The number of hydrogen-bond donors (Lipinski definition) is 1. The summed E-state index contributed by atoms with van der Waals surface area (Å²) in [6.45, 7) is 7.24. The fraction of sp³-hybridized carbons (Fsp3) is 0.692. The number of benzene rings is 1. The van der Waals surface area contributed by atoms with Crippen LogP contribution in [-0.4, -0.2) is 81.4 Å². The molecule has 1 aromatic carbocycles. The Balaban J connectivity index is 1.64. The van der Waals surface area contributed by atoms with Crippen molar-refractivity contribution in [2.24, 2.45) is 11.8 Å². The SMILES string of the molecule is C[C@@H]1CN([C@H](C)CO)S(=O)(=O)c2ccc(C3=CCCC3)cc2O[C@H]1CN(C)CC1CCOCC1. The first-order valence-corrected chi connectivity index (χ1v) is 14.1. The Labute approximate surface area is 204 Å². The second-order valence-corrected chi connectivity index (χ2v) is 12.2. The summed E-state index contributed by atoms with van der Waals surface area (Å²) >= 11 is 0. The second-order valence-electron chi connectivity index (χ2n) is 10.3. The molecule has 1 saturated heterocycles. The Morgan fingerprint density at radius 1 is 1.24 bits per heavy atom. The van der Waals surface area contributed by atoms with Gasteiger partial charge in [-0.1, -0.05) is 19.1 Å². The minimum absolute atomic E-state index is 0.0385. The van der Waals surface area contributed by atoms with Crippen LogP contribution in [0.1, 0.15) is 51.5 Å². The number of nitrogens with zero attached hydrogens (tertiary/aromatic N) is 2. The van der Waals surface area contributed by atoms with Gasteiger partial charge in [-0.2, -0.15) is 4.31 Å². The van der Waals surface area contributed by atoms with Gasteiger partial charge >= 0.3 is 0 Å². The molecule has 8 heteroatoms. The quantitative estimate of drug-likeness (QED) is 0.629. The monoisotopic (exact) mass is 492 g/mol. The lowest BCUT2D eigenvalue weighted by Gasteiger charge is -2.38. The molecular weight excluding hydrogens is 452 g/mol. The second kappa shape index (κ2) is 11.1. The summed E-state index contributed by atoms with van der Waals surface area (Å²) < 4.78 is 40.8. The van der Waals surface area contributed by atoms with Crippen molar-refractivity contribution in [1.82, 2.24) is 9.21 Å². The number of aliphatic hydroxyl groups excluding tert-OH is 1. The summed E-state index contributed by atoms with van der Waals surface area (Å²) in [5.41, 5.74) is 2.29. The molecule has 3 aliphatic rings. The van der Waals surface area contributed by atoms with E-state index >= 15 is 0 Å². The molecule has 1 fully saturated rings. The fourth-order valence-electron chi connectivity index (χ4n) is 5.33. The Bertz CT molecular complexity index is 973. The van der Waals surface area contributed by atoms with E-state index in [1.165, 1.54) is 9.88 Å². The molecule has 0 bridgehead atoms. The molecule has 0 radical (unpaired) electrons. The molecule has 0 saturated carbocycles. The first kappa shape index (κ1) is 25.6. The third-order valence-electron chi connectivity index (χ3n) is 7.48. The summed E-state index contributed by atoms with van der Waals surface area (Å²) in [6.07, 6.45) is 7.42. The maximum Gasteiger partial charge on any atom is 0.247 e. The Kier molecular flexibility index (Phi) is 8.36. The van der Waals surface area contributed by atoms with E-state index < -0.39 is 16.1 Å². The lowest BCUT2D eigenvalue weighted by molar-refractivity contribution is 0.0402. The number of fused-ring (bicyclic) bond motifs is 1. The number of allylic oxidation sites excluding steroid dienone is 2. The van der Waals surface area contributed by atoms with Gasteiger partial charge in [-0.3, -0.25) is 0 Å². The van der Waals surface area contributed by atoms with Gasteiger partial charge in [-0.05, 0) is 75.3 Å². The highest BCUT2D eigenvalue weighted by Crippen LogP contribution is 2.37. The normalized spacial score (nSPS) is 26.9. The van der Waals surface area contributed by atoms with Crippen LogP contribution in [-0.2, 0) is 14.8 Å². The van der Waals surface area contributed by atoms with Crippen LogP contribution < -0.4 is 4.74 Å². The molecule has 0 amide bonds. The van der Waals surface area contributed by atoms with Crippen LogP contribution in [0.25, 0.3) is 5.57 Å². The lowest BCUT2D eigenvalue weighted by Crippen LogP contribution is -2.50. The predicted molar refractivity (Wildman–Crippen MR) is 133 cm³/mol. The molecule has 7 nitrogen and oxygen atoms in total. The molecule has 2 heterocycles. The molecular formula is C26H40N2O5S. The van der Waals surface area contributed by atoms with Crippen molar-refractivity contribution >= 4 is 15.6 Å². The summed E-state index contributed by atoms with van der Waals surface area (Å²) in [7, 11) is -1.68.